The van der Waals surface area contributed by atoms with Gasteiger partial charge in [0.05, 0.1) is 0 Å². The Morgan fingerprint density at radius 2 is 2.04 bits per heavy atom. The second kappa shape index (κ2) is 8.71. The number of amides is 1. The summed E-state index contributed by atoms with van der Waals surface area (Å²) in [7, 11) is 0. The van der Waals surface area contributed by atoms with E-state index in [1.54, 1.807) is 12.4 Å². The van der Waals surface area contributed by atoms with E-state index in [1.807, 2.05) is 41.1 Å². The minimum absolute atomic E-state index is 0.0183. The van der Waals surface area contributed by atoms with E-state index in [2.05, 4.69) is 20.9 Å². The van der Waals surface area contributed by atoms with Crippen LogP contribution in [0.25, 0.3) is 0 Å². The molecule has 2 aromatic rings. The van der Waals surface area contributed by atoms with Crippen LogP contribution in [0.4, 0.5) is 0 Å². The SMILES string of the molecule is O=C(c1cccnc1OC1CCSC1)N1CCN(Cc2cccnc2)CC1. The zero-order valence-electron chi connectivity index (χ0n) is 15.3. The first-order chi connectivity index (χ1) is 13.3. The van der Waals surface area contributed by atoms with Crippen LogP contribution in [-0.4, -0.2) is 69.5 Å². The maximum Gasteiger partial charge on any atom is 0.259 e. The maximum absolute atomic E-state index is 13.0. The Kier molecular flexibility index (Phi) is 5.89. The monoisotopic (exact) mass is 384 g/mol. The molecule has 2 aromatic heterocycles. The van der Waals surface area contributed by atoms with Crippen molar-refractivity contribution in [1.29, 1.82) is 0 Å². The summed E-state index contributed by atoms with van der Waals surface area (Å²) in [5.74, 6) is 2.58. The number of nitrogens with zero attached hydrogens (tertiary/aromatic N) is 4. The summed E-state index contributed by atoms with van der Waals surface area (Å²) < 4.78 is 6.02. The number of carbonyl (C=O) groups excluding carboxylic acids is 1. The molecule has 2 aliphatic heterocycles. The third-order valence-corrected chi connectivity index (χ3v) is 6.09. The van der Waals surface area contributed by atoms with Gasteiger partial charge in [-0.2, -0.15) is 11.8 Å². The fraction of sp³-hybridized carbons (Fsp3) is 0.450. The van der Waals surface area contributed by atoms with Crippen LogP contribution in [0.5, 0.6) is 5.88 Å². The van der Waals surface area contributed by atoms with Crippen molar-refractivity contribution in [3.63, 3.8) is 0 Å². The fourth-order valence-corrected chi connectivity index (χ4v) is 4.53. The number of rotatable bonds is 5. The molecule has 4 heterocycles. The van der Waals surface area contributed by atoms with E-state index in [0.717, 1.165) is 37.6 Å². The maximum atomic E-state index is 13.0. The first-order valence-electron chi connectivity index (χ1n) is 9.39. The normalized spacial score (nSPS) is 20.6. The second-order valence-corrected chi connectivity index (χ2v) is 8.04. The van der Waals surface area contributed by atoms with Gasteiger partial charge in [-0.25, -0.2) is 4.98 Å². The molecule has 1 unspecified atom stereocenters. The van der Waals surface area contributed by atoms with Crippen LogP contribution in [0.1, 0.15) is 22.3 Å². The van der Waals surface area contributed by atoms with E-state index in [1.165, 1.54) is 5.56 Å². The Morgan fingerprint density at radius 1 is 1.19 bits per heavy atom. The average Bonchev–Trinajstić information content (AvgIpc) is 3.22. The molecule has 0 aromatic carbocycles. The molecule has 2 aliphatic rings. The quantitative estimate of drug-likeness (QED) is 0.789. The van der Waals surface area contributed by atoms with E-state index in [0.29, 0.717) is 24.5 Å². The molecule has 0 radical (unpaired) electrons. The minimum Gasteiger partial charge on any atom is -0.473 e. The van der Waals surface area contributed by atoms with Gasteiger partial charge in [-0.05, 0) is 35.9 Å². The highest BCUT2D eigenvalue weighted by Crippen LogP contribution is 2.25. The van der Waals surface area contributed by atoms with Gasteiger partial charge in [-0.15, -0.1) is 0 Å². The summed E-state index contributed by atoms with van der Waals surface area (Å²) >= 11 is 1.89. The van der Waals surface area contributed by atoms with Gasteiger partial charge in [0, 0.05) is 57.1 Å². The molecule has 1 atom stereocenters. The van der Waals surface area contributed by atoms with Gasteiger partial charge < -0.3 is 9.64 Å². The molecule has 0 spiro atoms. The zero-order chi connectivity index (χ0) is 18.5. The van der Waals surface area contributed by atoms with E-state index in [4.69, 9.17) is 4.74 Å². The van der Waals surface area contributed by atoms with Crippen molar-refractivity contribution >= 4 is 17.7 Å². The van der Waals surface area contributed by atoms with Crippen LogP contribution in [-0.2, 0) is 6.54 Å². The predicted octanol–water partition coefficient (Wildman–Crippen LogP) is 2.32. The lowest BCUT2D eigenvalue weighted by atomic mass is 10.2. The lowest BCUT2D eigenvalue weighted by molar-refractivity contribution is 0.0621. The summed E-state index contributed by atoms with van der Waals surface area (Å²) in [5.41, 5.74) is 1.78. The Bertz CT molecular complexity index is 760. The third-order valence-electron chi connectivity index (χ3n) is 4.96. The highest BCUT2D eigenvalue weighted by Gasteiger charge is 2.26. The summed E-state index contributed by atoms with van der Waals surface area (Å²) in [5, 5.41) is 0. The predicted molar refractivity (Wildman–Crippen MR) is 106 cm³/mol. The van der Waals surface area contributed by atoms with E-state index in [9.17, 15) is 4.79 Å². The number of ether oxygens (including phenoxy) is 1. The smallest absolute Gasteiger partial charge is 0.259 e. The van der Waals surface area contributed by atoms with Gasteiger partial charge in [0.2, 0.25) is 5.88 Å². The summed E-state index contributed by atoms with van der Waals surface area (Å²) in [6.45, 7) is 4.02. The molecule has 142 valence electrons. The molecule has 27 heavy (non-hydrogen) atoms. The molecule has 4 rings (SSSR count). The van der Waals surface area contributed by atoms with Crippen molar-refractivity contribution in [3.05, 3.63) is 54.0 Å². The first kappa shape index (κ1) is 18.3. The number of aromatic nitrogens is 2. The van der Waals surface area contributed by atoms with E-state index in [-0.39, 0.29) is 12.0 Å². The van der Waals surface area contributed by atoms with Gasteiger partial charge in [0.1, 0.15) is 11.7 Å². The van der Waals surface area contributed by atoms with Crippen LogP contribution >= 0.6 is 11.8 Å². The van der Waals surface area contributed by atoms with Crippen molar-refractivity contribution in [2.45, 2.75) is 19.1 Å². The molecule has 0 N–H and O–H groups in total. The van der Waals surface area contributed by atoms with Gasteiger partial charge in [0.25, 0.3) is 5.91 Å². The van der Waals surface area contributed by atoms with Crippen molar-refractivity contribution in [3.8, 4) is 5.88 Å². The molecule has 7 heteroatoms. The standard InChI is InChI=1S/C20H24N4O2S/c25-20(18-4-2-7-22-19(18)26-17-5-12-27-15-17)24-10-8-23(9-11-24)14-16-3-1-6-21-13-16/h1-4,6-7,13,17H,5,8-12,14-15H2. The van der Waals surface area contributed by atoms with Gasteiger partial charge in [-0.3, -0.25) is 14.7 Å². The zero-order valence-corrected chi connectivity index (χ0v) is 16.1. The van der Waals surface area contributed by atoms with E-state index >= 15 is 0 Å². The summed E-state index contributed by atoms with van der Waals surface area (Å²) in [6, 6.07) is 7.68. The van der Waals surface area contributed by atoms with Crippen molar-refractivity contribution in [1.82, 2.24) is 19.8 Å². The van der Waals surface area contributed by atoms with Crippen molar-refractivity contribution in [2.75, 3.05) is 37.7 Å². The summed E-state index contributed by atoms with van der Waals surface area (Å²) in [6.07, 6.45) is 6.56. The Hall–Kier alpha value is -2.12. The summed E-state index contributed by atoms with van der Waals surface area (Å²) in [4.78, 5) is 25.8. The Balaban J connectivity index is 1.36. The lowest BCUT2D eigenvalue weighted by Crippen LogP contribution is -2.48. The second-order valence-electron chi connectivity index (χ2n) is 6.89. The number of hydrogen-bond acceptors (Lipinski definition) is 6. The van der Waals surface area contributed by atoms with Crippen LogP contribution in [0, 0.1) is 0 Å². The largest absolute Gasteiger partial charge is 0.473 e. The number of carbonyl (C=O) groups is 1. The van der Waals surface area contributed by atoms with Crippen LogP contribution in [0.2, 0.25) is 0 Å². The molecule has 0 aliphatic carbocycles. The molecule has 0 bridgehead atoms. The van der Waals surface area contributed by atoms with Crippen molar-refractivity contribution < 1.29 is 9.53 Å². The minimum atomic E-state index is 0.0183. The van der Waals surface area contributed by atoms with Gasteiger partial charge in [0.15, 0.2) is 0 Å². The topological polar surface area (TPSA) is 58.6 Å². The lowest BCUT2D eigenvalue weighted by Gasteiger charge is -2.35. The molecular weight excluding hydrogens is 360 g/mol. The molecular formula is C20H24N4O2S. The number of piperazine rings is 1. The highest BCUT2D eigenvalue weighted by atomic mass is 32.2. The number of hydrogen-bond donors (Lipinski definition) is 0. The van der Waals surface area contributed by atoms with Crippen LogP contribution in [0.3, 0.4) is 0 Å². The number of pyridine rings is 2. The van der Waals surface area contributed by atoms with E-state index < -0.39 is 0 Å². The van der Waals surface area contributed by atoms with Crippen LogP contribution < -0.4 is 4.74 Å². The third kappa shape index (κ3) is 4.59. The van der Waals surface area contributed by atoms with Gasteiger partial charge in [-0.1, -0.05) is 6.07 Å². The average molecular weight is 385 g/mol. The fourth-order valence-electron chi connectivity index (χ4n) is 3.44. The Morgan fingerprint density at radius 3 is 2.78 bits per heavy atom. The van der Waals surface area contributed by atoms with Crippen LogP contribution in [0.15, 0.2) is 42.9 Å². The van der Waals surface area contributed by atoms with Gasteiger partial charge >= 0.3 is 0 Å². The molecule has 1 amide bonds. The molecule has 2 saturated heterocycles. The van der Waals surface area contributed by atoms with Crippen molar-refractivity contribution in [2.24, 2.45) is 0 Å². The first-order valence-corrected chi connectivity index (χ1v) is 10.5. The number of thioether (sulfide) groups is 1. The molecule has 6 nitrogen and oxygen atoms in total. The highest BCUT2D eigenvalue weighted by molar-refractivity contribution is 7.99. The molecule has 0 saturated carbocycles. The molecule has 2 fully saturated rings. The Labute approximate surface area is 163 Å².